The normalized spacial score (nSPS) is 27.0. The Morgan fingerprint density at radius 2 is 0.873 bits per heavy atom. The number of carbonyl (C=O) groups is 1. The predicted molar refractivity (Wildman–Crippen MR) is 446 cm³/mol. The summed E-state index contributed by atoms with van der Waals surface area (Å²) in [4.78, 5) is 15.2. The average molecular weight is 1870 g/mol. The van der Waals surface area contributed by atoms with E-state index in [4.69, 9.17) is 16.3 Å². The molecule has 5 aromatic carbocycles. The van der Waals surface area contributed by atoms with Gasteiger partial charge in [-0.05, 0) is 181 Å². The largest absolute Gasteiger partial charge is 0.377 e. The number of benzene rings is 5. The Kier molecular flexibility index (Phi) is 32.3. The van der Waals surface area contributed by atoms with Gasteiger partial charge in [-0.1, -0.05) is 56.0 Å². The Labute approximate surface area is 698 Å². The fourth-order valence-corrected chi connectivity index (χ4v) is 39.6. The molecule has 660 valence electrons. The third-order valence-corrected chi connectivity index (χ3v) is 43.5. The second-order valence-corrected chi connectivity index (χ2v) is 53.5. The summed E-state index contributed by atoms with van der Waals surface area (Å²) in [6.45, 7) is 15.6. The van der Waals surface area contributed by atoms with Gasteiger partial charge in [0.05, 0.1) is 114 Å². The summed E-state index contributed by atoms with van der Waals surface area (Å²) in [6, 6.07) is 21.2. The van der Waals surface area contributed by atoms with Crippen molar-refractivity contribution in [2.24, 2.45) is 0 Å². The molecule has 1 amide bonds. The third kappa shape index (κ3) is 24.9. The number of hydrogen-bond donors (Lipinski definition) is 4. The Bertz CT molecular complexity index is 5600. The van der Waals surface area contributed by atoms with E-state index < -0.39 is 184 Å². The standard InChI is InChI=1S/C17H23FN2O5S2.C16H22FNO5S2.C15H20FNO4S2.C15H23NO4S2.C13H18ClNO4S2/c1-12-9-14(3-4-15(12)18)27(24,25)17-11-26(22,23)10-16(17)20-7-5-19(6-8-20)13(2)21;1-11-7-13(4-5-14(11)17)25(21,22)16-10-24(19,20)9-15(16)18-8-12-3-2-6-23-12;16-11-5-7-13(8-6-11)23(20,21)15-10-22(18,19)9-14(15)17-12-3-1-2-4-12;1-4-12(3)16-14-9-21(17,18)10-15(14)22(19,20)13-7-5-11(2)6-8-13;1-2-7-15-12-8-20(16,17)9-13(12)21(18,19)11-5-3-10(14)4-6-11/h3-4,9,16-17H,5-8,10-11H2,1-2H3;4-5,7,12,15-16,18H,2-3,6,8-10H2,1H3;5-8,12,14-15,17H,1-4,9-10H2;5-8,12,14-16H,4,9-10H2,1-3H3;3-6,12-13,15H,2,7-9H2,1H3/t16-,17-;12?,15-,16-;14-,15-;12?,14-,15-;12-,13-/m00000/s1. The maximum atomic E-state index is 13.5. The zero-order chi connectivity index (χ0) is 87.1. The van der Waals surface area contributed by atoms with Crippen molar-refractivity contribution in [1.29, 1.82) is 0 Å². The Morgan fingerprint density at radius 1 is 0.483 bits per heavy atom. The van der Waals surface area contributed by atoms with Crippen molar-refractivity contribution in [3.8, 4) is 0 Å². The summed E-state index contributed by atoms with van der Waals surface area (Å²) in [5, 5.41) is 7.89. The van der Waals surface area contributed by atoms with Crippen molar-refractivity contribution < 1.29 is 107 Å². The van der Waals surface area contributed by atoms with E-state index in [2.05, 4.69) is 21.3 Å². The minimum absolute atomic E-state index is 0.0141. The molecule has 4 N–H and O–H groups in total. The van der Waals surface area contributed by atoms with Gasteiger partial charge in [0.15, 0.2) is 98.4 Å². The lowest BCUT2D eigenvalue weighted by atomic mass is 10.2. The molecule has 8 aliphatic rings. The molecule has 42 heteroatoms. The maximum Gasteiger partial charge on any atom is 0.219 e. The minimum Gasteiger partial charge on any atom is -0.377 e. The number of piperazine rings is 1. The van der Waals surface area contributed by atoms with Crippen LogP contribution in [0, 0.1) is 38.2 Å². The molecule has 7 aliphatic heterocycles. The fraction of sp³-hybridized carbons (Fsp3) is 0.592. The van der Waals surface area contributed by atoms with Crippen LogP contribution in [0.25, 0.3) is 0 Å². The van der Waals surface area contributed by atoms with Crippen molar-refractivity contribution in [3.63, 3.8) is 0 Å². The zero-order valence-corrected chi connectivity index (χ0v) is 75.5. The van der Waals surface area contributed by atoms with Crippen molar-refractivity contribution in [1.82, 2.24) is 31.1 Å². The highest BCUT2D eigenvalue weighted by Crippen LogP contribution is 2.35. The Morgan fingerprint density at radius 3 is 1.31 bits per heavy atom. The fourth-order valence-electron chi connectivity index (χ4n) is 15.7. The summed E-state index contributed by atoms with van der Waals surface area (Å²) in [7, 11) is -36.1. The van der Waals surface area contributed by atoms with Gasteiger partial charge in [0.25, 0.3) is 0 Å². The van der Waals surface area contributed by atoms with Crippen LogP contribution in [0.1, 0.15) is 95.8 Å². The number of rotatable bonds is 22. The maximum absolute atomic E-state index is 13.5. The molecular weight excluding hydrogens is 1760 g/mol. The second-order valence-electron chi connectivity index (χ2n) is 31.5. The van der Waals surface area contributed by atoms with Crippen LogP contribution in [-0.4, -0.2) is 278 Å². The van der Waals surface area contributed by atoms with E-state index in [1.165, 1.54) is 81.4 Å². The molecular formula is C76H106ClF3N6O22S10. The molecule has 13 rings (SSSR count). The third-order valence-electron chi connectivity index (χ3n) is 22.4. The van der Waals surface area contributed by atoms with E-state index in [1.54, 1.807) is 29.2 Å². The van der Waals surface area contributed by atoms with E-state index in [9.17, 15) is 102 Å². The topological polar surface area (TPSA) is 422 Å². The first-order chi connectivity index (χ1) is 54.9. The molecule has 5 aromatic rings. The SMILES string of the molecule is CC(=O)N1CCN([C@H]2CS(=O)(=O)C[C@@H]2S(=O)(=O)c2ccc(F)c(C)c2)CC1.CCC(C)N[C@H]1CS(=O)(=O)C[C@@H]1S(=O)(=O)c1ccc(C)cc1.CCCN[C@H]1CS(=O)(=O)C[C@@H]1S(=O)(=O)c1ccc(Cl)cc1.Cc1cc(S(=O)(=O)[C@H]2CS(=O)(=O)C[C@@H]2NCC2CCCO2)ccc1F.O=S1(=O)C[C@H](NC2CCCC2)[C@@H](S(=O)(=O)c2ccc(F)cc2)C1. The summed E-state index contributed by atoms with van der Waals surface area (Å²) in [5.41, 5.74) is 1.38. The van der Waals surface area contributed by atoms with Crippen LogP contribution in [0.4, 0.5) is 13.2 Å². The molecule has 118 heavy (non-hydrogen) atoms. The van der Waals surface area contributed by atoms with Crippen molar-refractivity contribution in [2.45, 2.75) is 199 Å². The smallest absolute Gasteiger partial charge is 0.219 e. The lowest BCUT2D eigenvalue weighted by molar-refractivity contribution is -0.130. The van der Waals surface area contributed by atoms with E-state index >= 15 is 0 Å². The number of carbonyl (C=O) groups excluding carboxylic acids is 1. The predicted octanol–water partition coefficient (Wildman–Crippen LogP) is 4.98. The van der Waals surface area contributed by atoms with Crippen LogP contribution in [0.3, 0.4) is 0 Å². The van der Waals surface area contributed by atoms with Crippen molar-refractivity contribution in [3.05, 3.63) is 148 Å². The molecule has 0 aromatic heterocycles. The molecule has 2 unspecified atom stereocenters. The molecule has 1 aliphatic carbocycles. The van der Waals surface area contributed by atoms with E-state index in [-0.39, 0.29) is 106 Å². The van der Waals surface area contributed by atoms with E-state index in [0.29, 0.717) is 50.9 Å². The zero-order valence-electron chi connectivity index (χ0n) is 66.5. The number of amides is 1. The van der Waals surface area contributed by atoms with Crippen LogP contribution in [-0.2, 0) is 108 Å². The van der Waals surface area contributed by atoms with E-state index in [1.807, 2.05) is 32.6 Å². The summed E-state index contributed by atoms with van der Waals surface area (Å²) in [5.74, 6) is -4.32. The van der Waals surface area contributed by atoms with Crippen LogP contribution >= 0.6 is 11.6 Å². The van der Waals surface area contributed by atoms with Gasteiger partial charge < -0.3 is 30.9 Å². The first kappa shape index (κ1) is 96.7. The quantitative estimate of drug-likeness (QED) is 0.0664. The average Bonchev–Trinajstić information content (AvgIpc) is 1.64. The second kappa shape index (κ2) is 39.4. The van der Waals surface area contributed by atoms with Crippen LogP contribution in [0.5, 0.6) is 0 Å². The highest BCUT2D eigenvalue weighted by Gasteiger charge is 2.52. The number of ether oxygens (including phenoxy) is 1. The van der Waals surface area contributed by atoms with Crippen LogP contribution in [0.15, 0.2) is 134 Å². The minimum atomic E-state index is -3.95. The van der Waals surface area contributed by atoms with Crippen LogP contribution in [0.2, 0.25) is 5.02 Å². The van der Waals surface area contributed by atoms with Gasteiger partial charge in [-0.15, -0.1) is 0 Å². The molecule has 12 atom stereocenters. The van der Waals surface area contributed by atoms with Gasteiger partial charge in [-0.3, -0.25) is 9.69 Å². The monoisotopic (exact) mass is 1870 g/mol. The first-order valence-corrected chi connectivity index (χ1v) is 56.0. The highest BCUT2D eigenvalue weighted by molar-refractivity contribution is 7.98. The molecule has 8 fully saturated rings. The molecule has 0 radical (unpaired) electrons. The Hall–Kier alpha value is -5.09. The van der Waals surface area contributed by atoms with Gasteiger partial charge >= 0.3 is 0 Å². The summed E-state index contributed by atoms with van der Waals surface area (Å²) < 4.78 is 294. The summed E-state index contributed by atoms with van der Waals surface area (Å²) in [6.07, 6.45) is 7.48. The lowest BCUT2D eigenvalue weighted by Crippen LogP contribution is -2.55. The summed E-state index contributed by atoms with van der Waals surface area (Å²) >= 11 is 5.76. The molecule has 7 saturated heterocycles. The van der Waals surface area contributed by atoms with Gasteiger partial charge in [-0.2, -0.15) is 0 Å². The van der Waals surface area contributed by atoms with Gasteiger partial charge in [0.2, 0.25) is 5.91 Å². The molecule has 0 bridgehead atoms. The molecule has 28 nitrogen and oxygen atoms in total. The van der Waals surface area contributed by atoms with Crippen molar-refractivity contribution >= 4 is 116 Å². The van der Waals surface area contributed by atoms with Gasteiger partial charge in [0, 0.05) is 93.6 Å². The van der Waals surface area contributed by atoms with Crippen LogP contribution < -0.4 is 21.3 Å². The Balaban J connectivity index is 0.000000169. The number of nitrogens with one attached hydrogen (secondary N) is 4. The molecule has 0 spiro atoms. The number of halogens is 4. The highest BCUT2D eigenvalue weighted by atomic mass is 35.5. The number of sulfone groups is 10. The number of nitrogens with zero attached hydrogens (tertiary/aromatic N) is 2. The first-order valence-electron chi connectivity index (χ1n) is 38.8. The van der Waals surface area contributed by atoms with Crippen molar-refractivity contribution in [2.75, 3.05) is 103 Å². The number of aryl methyl sites for hydroxylation is 3. The van der Waals surface area contributed by atoms with E-state index in [0.717, 1.165) is 81.2 Å². The molecule has 7 heterocycles. The van der Waals surface area contributed by atoms with Gasteiger partial charge in [-0.25, -0.2) is 97.3 Å². The van der Waals surface area contributed by atoms with Gasteiger partial charge in [0.1, 0.15) is 17.5 Å². The molecule has 1 saturated carbocycles. The lowest BCUT2D eigenvalue weighted by Gasteiger charge is -2.39. The number of hydrogen-bond acceptors (Lipinski definition) is 27.